The highest BCUT2D eigenvalue weighted by atomic mass is 79.9. The van der Waals surface area contributed by atoms with Gasteiger partial charge in [0.15, 0.2) is 0 Å². The zero-order valence-corrected chi connectivity index (χ0v) is 13.7. The van der Waals surface area contributed by atoms with Crippen molar-refractivity contribution in [2.24, 2.45) is 0 Å². The molecule has 0 aliphatic rings. The fourth-order valence-electron chi connectivity index (χ4n) is 1.73. The third kappa shape index (κ3) is 5.00. The first-order chi connectivity index (χ1) is 10.2. The van der Waals surface area contributed by atoms with Crippen molar-refractivity contribution < 1.29 is 8.95 Å². The highest BCUT2D eigenvalue weighted by Crippen LogP contribution is 2.16. The summed E-state index contributed by atoms with van der Waals surface area (Å²) < 4.78 is 18.6. The van der Waals surface area contributed by atoms with Gasteiger partial charge in [-0.1, -0.05) is 22.0 Å². The van der Waals surface area contributed by atoms with Crippen LogP contribution in [0.2, 0.25) is 0 Å². The van der Waals surface area contributed by atoms with Gasteiger partial charge in [0.1, 0.15) is 5.75 Å². The van der Waals surface area contributed by atoms with Gasteiger partial charge in [-0.15, -0.1) is 0 Å². The maximum Gasteiger partial charge on any atom is 0.119 e. The first-order valence-electron chi connectivity index (χ1n) is 6.46. The van der Waals surface area contributed by atoms with Crippen LogP contribution in [0.3, 0.4) is 0 Å². The second-order valence-corrected chi connectivity index (χ2v) is 6.83. The molecule has 1 atom stereocenters. The smallest absolute Gasteiger partial charge is 0.119 e. The number of hydrogen-bond donors (Lipinski definition) is 0. The van der Waals surface area contributed by atoms with Crippen molar-refractivity contribution in [3.63, 3.8) is 0 Å². The third-order valence-corrected chi connectivity index (χ3v) is 4.72. The summed E-state index contributed by atoms with van der Waals surface area (Å²) in [5.74, 6) is 1.29. The molecular weight excluding hydrogens is 350 g/mol. The molecule has 0 heterocycles. The summed E-state index contributed by atoms with van der Waals surface area (Å²) >= 11 is 3.37. The number of benzene rings is 2. The van der Waals surface area contributed by atoms with E-state index in [0.29, 0.717) is 24.3 Å². The minimum absolute atomic E-state index is 0.506. The van der Waals surface area contributed by atoms with Crippen LogP contribution in [0.4, 0.5) is 0 Å². The molecular formula is C16H14BrNO2S. The molecule has 21 heavy (non-hydrogen) atoms. The molecule has 108 valence electrons. The first-order valence-corrected chi connectivity index (χ1v) is 8.57. The average Bonchev–Trinajstić information content (AvgIpc) is 2.52. The van der Waals surface area contributed by atoms with Gasteiger partial charge in [0.05, 0.1) is 29.0 Å². The van der Waals surface area contributed by atoms with E-state index in [2.05, 4.69) is 22.0 Å². The van der Waals surface area contributed by atoms with Crippen LogP contribution in [0.5, 0.6) is 5.75 Å². The van der Waals surface area contributed by atoms with Crippen LogP contribution < -0.4 is 4.74 Å². The van der Waals surface area contributed by atoms with E-state index in [9.17, 15) is 4.21 Å². The lowest BCUT2D eigenvalue weighted by Gasteiger charge is -2.06. The van der Waals surface area contributed by atoms with Crippen LogP contribution in [-0.4, -0.2) is 16.6 Å². The lowest BCUT2D eigenvalue weighted by molar-refractivity contribution is 0.318. The molecule has 0 N–H and O–H groups in total. The Bertz CT molecular complexity index is 665. The standard InChI is InChI=1S/C16H14BrNO2S/c17-14-3-1-4-16(11-14)21(19)10-2-9-20-15-7-5-13(12-18)6-8-15/h1,3-8,11H,2,9-10H2. The van der Waals surface area contributed by atoms with Gasteiger partial charge in [0.2, 0.25) is 0 Å². The average molecular weight is 364 g/mol. The molecule has 0 saturated carbocycles. The third-order valence-electron chi connectivity index (χ3n) is 2.79. The molecule has 2 aromatic carbocycles. The van der Waals surface area contributed by atoms with Crippen LogP contribution in [-0.2, 0) is 10.8 Å². The Morgan fingerprint density at radius 1 is 1.19 bits per heavy atom. The molecule has 0 radical (unpaired) electrons. The van der Waals surface area contributed by atoms with Gasteiger partial charge < -0.3 is 4.74 Å². The quantitative estimate of drug-likeness (QED) is 0.731. The van der Waals surface area contributed by atoms with Gasteiger partial charge >= 0.3 is 0 Å². The number of halogens is 1. The van der Waals surface area contributed by atoms with E-state index >= 15 is 0 Å². The normalized spacial score (nSPS) is 11.6. The monoisotopic (exact) mass is 363 g/mol. The van der Waals surface area contributed by atoms with Crippen LogP contribution in [0.1, 0.15) is 12.0 Å². The zero-order chi connectivity index (χ0) is 15.1. The van der Waals surface area contributed by atoms with E-state index in [1.54, 1.807) is 24.3 Å². The SMILES string of the molecule is N#Cc1ccc(OCCCS(=O)c2cccc(Br)c2)cc1. The largest absolute Gasteiger partial charge is 0.494 e. The molecule has 2 aromatic rings. The van der Waals surface area contributed by atoms with E-state index < -0.39 is 10.8 Å². The number of nitrogens with zero attached hydrogens (tertiary/aromatic N) is 1. The molecule has 0 bridgehead atoms. The van der Waals surface area contributed by atoms with Crippen LogP contribution >= 0.6 is 15.9 Å². The summed E-state index contributed by atoms with van der Waals surface area (Å²) in [7, 11) is -1.01. The summed E-state index contributed by atoms with van der Waals surface area (Å²) in [6, 6.07) is 16.6. The second kappa shape index (κ2) is 7.96. The number of nitriles is 1. The second-order valence-electron chi connectivity index (χ2n) is 4.35. The molecule has 0 aliphatic carbocycles. The van der Waals surface area contributed by atoms with Crippen LogP contribution in [0.15, 0.2) is 57.9 Å². The fourth-order valence-corrected chi connectivity index (χ4v) is 3.39. The van der Waals surface area contributed by atoms with Crippen molar-refractivity contribution in [3.8, 4) is 11.8 Å². The van der Waals surface area contributed by atoms with Crippen molar-refractivity contribution in [2.45, 2.75) is 11.3 Å². The number of hydrogen-bond acceptors (Lipinski definition) is 3. The summed E-state index contributed by atoms with van der Waals surface area (Å²) in [4.78, 5) is 0.822. The molecule has 0 amide bonds. The van der Waals surface area contributed by atoms with E-state index in [4.69, 9.17) is 10.00 Å². The van der Waals surface area contributed by atoms with Gasteiger partial charge in [0, 0.05) is 15.1 Å². The summed E-state index contributed by atoms with van der Waals surface area (Å²) in [5.41, 5.74) is 0.609. The Kier molecular flexibility index (Phi) is 5.97. The molecule has 0 aliphatic heterocycles. The van der Waals surface area contributed by atoms with Crippen molar-refractivity contribution in [1.29, 1.82) is 5.26 Å². The summed E-state index contributed by atoms with van der Waals surface area (Å²) in [6.07, 6.45) is 0.707. The van der Waals surface area contributed by atoms with E-state index in [-0.39, 0.29) is 0 Å². The highest BCUT2D eigenvalue weighted by Gasteiger charge is 2.04. The number of rotatable bonds is 6. The predicted molar refractivity (Wildman–Crippen MR) is 86.7 cm³/mol. The predicted octanol–water partition coefficient (Wildman–Crippen LogP) is 3.90. The Morgan fingerprint density at radius 2 is 1.95 bits per heavy atom. The molecule has 3 nitrogen and oxygen atoms in total. The molecule has 1 unspecified atom stereocenters. The maximum atomic E-state index is 12.1. The summed E-state index contributed by atoms with van der Waals surface area (Å²) in [6.45, 7) is 0.506. The molecule has 0 saturated heterocycles. The van der Waals surface area contributed by atoms with E-state index in [0.717, 1.165) is 15.1 Å². The van der Waals surface area contributed by atoms with Gasteiger partial charge in [-0.25, -0.2) is 0 Å². The Hall–Kier alpha value is -1.64. The first kappa shape index (κ1) is 15.7. The molecule has 0 aromatic heterocycles. The lowest BCUT2D eigenvalue weighted by Crippen LogP contribution is -2.05. The molecule has 0 fully saturated rings. The minimum Gasteiger partial charge on any atom is -0.494 e. The molecule has 0 spiro atoms. The Labute approximate surface area is 135 Å². The van der Waals surface area contributed by atoms with E-state index in [1.165, 1.54) is 0 Å². The summed E-state index contributed by atoms with van der Waals surface area (Å²) in [5, 5.41) is 8.70. The van der Waals surface area contributed by atoms with E-state index in [1.807, 2.05) is 24.3 Å². The van der Waals surface area contributed by atoms with Gasteiger partial charge in [-0.05, 0) is 48.9 Å². The Morgan fingerprint density at radius 3 is 2.62 bits per heavy atom. The van der Waals surface area contributed by atoms with Gasteiger partial charge in [-0.3, -0.25) is 4.21 Å². The van der Waals surface area contributed by atoms with Crippen molar-refractivity contribution in [1.82, 2.24) is 0 Å². The van der Waals surface area contributed by atoms with Crippen LogP contribution in [0.25, 0.3) is 0 Å². The fraction of sp³-hybridized carbons (Fsp3) is 0.188. The molecule has 5 heteroatoms. The topological polar surface area (TPSA) is 50.1 Å². The zero-order valence-electron chi connectivity index (χ0n) is 11.3. The maximum absolute atomic E-state index is 12.1. The number of ether oxygens (including phenoxy) is 1. The van der Waals surface area contributed by atoms with Crippen molar-refractivity contribution in [3.05, 3.63) is 58.6 Å². The highest BCUT2D eigenvalue weighted by molar-refractivity contribution is 9.10. The van der Waals surface area contributed by atoms with Gasteiger partial charge in [-0.2, -0.15) is 5.26 Å². The van der Waals surface area contributed by atoms with Crippen molar-refractivity contribution in [2.75, 3.05) is 12.4 Å². The van der Waals surface area contributed by atoms with Crippen molar-refractivity contribution >= 4 is 26.7 Å². The lowest BCUT2D eigenvalue weighted by atomic mass is 10.2. The molecule has 2 rings (SSSR count). The van der Waals surface area contributed by atoms with Crippen LogP contribution in [0, 0.1) is 11.3 Å². The minimum atomic E-state index is -1.01. The Balaban J connectivity index is 1.76. The van der Waals surface area contributed by atoms with Gasteiger partial charge in [0.25, 0.3) is 0 Å².